The highest BCUT2D eigenvalue weighted by Gasteiger charge is 2.26. The fourth-order valence-corrected chi connectivity index (χ4v) is 1.56. The van der Waals surface area contributed by atoms with Crippen LogP contribution in [0.5, 0.6) is 0 Å². The van der Waals surface area contributed by atoms with Crippen molar-refractivity contribution in [3.63, 3.8) is 0 Å². The van der Waals surface area contributed by atoms with Crippen molar-refractivity contribution in [3.05, 3.63) is 29.1 Å². The minimum Gasteiger partial charge on any atom is -0.465 e. The predicted molar refractivity (Wildman–Crippen MR) is 50.1 cm³/mol. The molecule has 15 heavy (non-hydrogen) atoms. The number of carbonyl (C=O) groups excluding carboxylic acids is 2. The van der Waals surface area contributed by atoms with Crippen molar-refractivity contribution < 1.29 is 18.7 Å². The number of fused-ring (bicyclic) bond motifs is 1. The van der Waals surface area contributed by atoms with E-state index in [0.717, 1.165) is 6.07 Å². The number of esters is 1. The highest BCUT2D eigenvalue weighted by atomic mass is 19.1. The second-order valence-electron chi connectivity index (χ2n) is 3.17. The summed E-state index contributed by atoms with van der Waals surface area (Å²) in [6.07, 6.45) is -0.0357. The Morgan fingerprint density at radius 1 is 1.53 bits per heavy atom. The third-order valence-corrected chi connectivity index (χ3v) is 2.26. The average molecular weight is 209 g/mol. The average Bonchev–Trinajstić information content (AvgIpc) is 2.60. The van der Waals surface area contributed by atoms with Gasteiger partial charge in [0.1, 0.15) is 5.82 Å². The number of anilines is 1. The number of carbonyl (C=O) groups is 2. The molecule has 2 rings (SSSR count). The summed E-state index contributed by atoms with van der Waals surface area (Å²) in [5, 5.41) is 2.44. The van der Waals surface area contributed by atoms with Crippen molar-refractivity contribution in [2.75, 3.05) is 12.4 Å². The molecule has 0 saturated carbocycles. The number of methoxy groups -OCH3 is 1. The van der Waals surface area contributed by atoms with Crippen LogP contribution in [0.1, 0.15) is 15.9 Å². The van der Waals surface area contributed by atoms with Gasteiger partial charge in [-0.05, 0) is 12.1 Å². The van der Waals surface area contributed by atoms with Gasteiger partial charge >= 0.3 is 5.97 Å². The van der Waals surface area contributed by atoms with Gasteiger partial charge in [-0.1, -0.05) is 0 Å². The largest absolute Gasteiger partial charge is 0.465 e. The van der Waals surface area contributed by atoms with Crippen molar-refractivity contribution in [2.24, 2.45) is 0 Å². The van der Waals surface area contributed by atoms with Gasteiger partial charge < -0.3 is 10.1 Å². The van der Waals surface area contributed by atoms with E-state index in [2.05, 4.69) is 10.1 Å². The summed E-state index contributed by atoms with van der Waals surface area (Å²) in [5.74, 6) is -1.40. The third-order valence-electron chi connectivity index (χ3n) is 2.26. The first-order chi connectivity index (χ1) is 7.13. The Balaban J connectivity index is 2.57. The lowest BCUT2D eigenvalue weighted by atomic mass is 10.1. The molecule has 4 nitrogen and oxygen atoms in total. The van der Waals surface area contributed by atoms with E-state index in [1.807, 2.05) is 0 Å². The van der Waals surface area contributed by atoms with Crippen LogP contribution in [0.4, 0.5) is 10.1 Å². The number of benzene rings is 1. The van der Waals surface area contributed by atoms with Crippen LogP contribution in [0.2, 0.25) is 0 Å². The van der Waals surface area contributed by atoms with Crippen LogP contribution in [0.25, 0.3) is 0 Å². The summed E-state index contributed by atoms with van der Waals surface area (Å²) < 4.78 is 17.8. The number of hydrogen-bond donors (Lipinski definition) is 1. The topological polar surface area (TPSA) is 55.4 Å². The molecule has 1 amide bonds. The Morgan fingerprint density at radius 3 is 2.93 bits per heavy atom. The molecule has 1 aromatic carbocycles. The third kappa shape index (κ3) is 1.45. The molecular formula is C10H8FNO3. The number of halogens is 1. The monoisotopic (exact) mass is 209 g/mol. The first kappa shape index (κ1) is 9.64. The second-order valence-corrected chi connectivity index (χ2v) is 3.17. The molecule has 0 fully saturated rings. The molecule has 5 heteroatoms. The van der Waals surface area contributed by atoms with E-state index in [-0.39, 0.29) is 29.1 Å². The molecular weight excluding hydrogens is 201 g/mol. The van der Waals surface area contributed by atoms with Crippen molar-refractivity contribution >= 4 is 17.6 Å². The SMILES string of the molecule is COC(=O)c1ccc(F)c2c1NC(=O)C2. The van der Waals surface area contributed by atoms with Crippen LogP contribution in [-0.4, -0.2) is 19.0 Å². The van der Waals surface area contributed by atoms with Gasteiger partial charge in [-0.25, -0.2) is 9.18 Å². The van der Waals surface area contributed by atoms with Gasteiger partial charge in [0.05, 0.1) is 24.8 Å². The van der Waals surface area contributed by atoms with Crippen LogP contribution in [0.15, 0.2) is 12.1 Å². The van der Waals surface area contributed by atoms with E-state index in [1.165, 1.54) is 13.2 Å². The van der Waals surface area contributed by atoms with Crippen LogP contribution in [0.3, 0.4) is 0 Å². The lowest BCUT2D eigenvalue weighted by Gasteiger charge is -2.06. The van der Waals surface area contributed by atoms with Gasteiger partial charge in [-0.2, -0.15) is 0 Å². The summed E-state index contributed by atoms with van der Waals surface area (Å²) in [6.45, 7) is 0. The van der Waals surface area contributed by atoms with Crippen LogP contribution in [-0.2, 0) is 16.0 Å². The Kier molecular flexibility index (Phi) is 2.15. The Bertz CT molecular complexity index is 456. The molecule has 0 spiro atoms. The highest BCUT2D eigenvalue weighted by molar-refractivity contribution is 6.07. The summed E-state index contributed by atoms with van der Waals surface area (Å²) in [7, 11) is 1.23. The maximum absolute atomic E-state index is 13.3. The zero-order valence-corrected chi connectivity index (χ0v) is 7.96. The van der Waals surface area contributed by atoms with E-state index in [0.29, 0.717) is 0 Å². The molecule has 0 aliphatic carbocycles. The molecule has 1 aromatic rings. The normalized spacial score (nSPS) is 13.3. The minimum atomic E-state index is -0.589. The van der Waals surface area contributed by atoms with Gasteiger partial charge in [-0.15, -0.1) is 0 Å². The summed E-state index contributed by atoms with van der Waals surface area (Å²) in [6, 6.07) is 2.46. The molecule has 1 aliphatic rings. The van der Waals surface area contributed by atoms with Gasteiger partial charge in [0.2, 0.25) is 5.91 Å². The molecule has 1 N–H and O–H groups in total. The zero-order valence-electron chi connectivity index (χ0n) is 7.96. The maximum atomic E-state index is 13.3. The molecule has 0 atom stereocenters. The summed E-state index contributed by atoms with van der Waals surface area (Å²) >= 11 is 0. The van der Waals surface area contributed by atoms with Crippen molar-refractivity contribution in [1.29, 1.82) is 0 Å². The van der Waals surface area contributed by atoms with E-state index >= 15 is 0 Å². The highest BCUT2D eigenvalue weighted by Crippen LogP contribution is 2.29. The van der Waals surface area contributed by atoms with E-state index in [9.17, 15) is 14.0 Å². The van der Waals surface area contributed by atoms with Crippen LogP contribution < -0.4 is 5.32 Å². The first-order valence-corrected chi connectivity index (χ1v) is 4.33. The molecule has 0 saturated heterocycles. The van der Waals surface area contributed by atoms with Crippen molar-refractivity contribution in [2.45, 2.75) is 6.42 Å². The van der Waals surface area contributed by atoms with Crippen molar-refractivity contribution in [1.82, 2.24) is 0 Å². The number of hydrogen-bond acceptors (Lipinski definition) is 3. The molecule has 0 bridgehead atoms. The first-order valence-electron chi connectivity index (χ1n) is 4.33. The van der Waals surface area contributed by atoms with Crippen molar-refractivity contribution in [3.8, 4) is 0 Å². The quantitative estimate of drug-likeness (QED) is 0.705. The zero-order chi connectivity index (χ0) is 11.0. The number of amides is 1. The molecule has 0 aromatic heterocycles. The Hall–Kier alpha value is -1.91. The summed E-state index contributed by atoms with van der Waals surface area (Å²) in [5.41, 5.74) is 0.634. The Morgan fingerprint density at radius 2 is 2.27 bits per heavy atom. The Labute approximate surface area is 85.0 Å². The van der Waals surface area contributed by atoms with E-state index in [1.54, 1.807) is 0 Å². The molecule has 0 unspecified atom stereocenters. The van der Waals surface area contributed by atoms with Crippen LogP contribution >= 0.6 is 0 Å². The predicted octanol–water partition coefficient (Wildman–Crippen LogP) is 1.11. The second kappa shape index (κ2) is 3.34. The van der Waals surface area contributed by atoms with Crippen LogP contribution in [0, 0.1) is 5.82 Å². The van der Waals surface area contributed by atoms with E-state index in [4.69, 9.17) is 0 Å². The van der Waals surface area contributed by atoms with E-state index < -0.39 is 11.8 Å². The summed E-state index contributed by atoms with van der Waals surface area (Å²) in [4.78, 5) is 22.4. The van der Waals surface area contributed by atoms with Gasteiger partial charge in [-0.3, -0.25) is 4.79 Å². The number of ether oxygens (including phenoxy) is 1. The standard InChI is InChI=1S/C10H8FNO3/c1-15-10(14)5-2-3-7(11)6-4-8(13)12-9(5)6/h2-3H,4H2,1H3,(H,12,13). The lowest BCUT2D eigenvalue weighted by Crippen LogP contribution is -2.08. The maximum Gasteiger partial charge on any atom is 0.339 e. The van der Waals surface area contributed by atoms with Gasteiger partial charge in [0.25, 0.3) is 0 Å². The lowest BCUT2D eigenvalue weighted by molar-refractivity contribution is -0.115. The molecule has 78 valence electrons. The minimum absolute atomic E-state index is 0.0357. The number of nitrogens with one attached hydrogen (secondary N) is 1. The molecule has 1 aliphatic heterocycles. The smallest absolute Gasteiger partial charge is 0.339 e. The van der Waals surface area contributed by atoms with Gasteiger partial charge in [0, 0.05) is 5.56 Å². The molecule has 0 radical (unpaired) electrons. The molecule has 1 heterocycles. The fraction of sp³-hybridized carbons (Fsp3) is 0.200. The fourth-order valence-electron chi connectivity index (χ4n) is 1.56. The van der Waals surface area contributed by atoms with Gasteiger partial charge in [0.15, 0.2) is 0 Å². The number of rotatable bonds is 1.